The molecule has 1 fully saturated rings. The summed E-state index contributed by atoms with van der Waals surface area (Å²) < 4.78 is 35.1. The van der Waals surface area contributed by atoms with Gasteiger partial charge in [0.25, 0.3) is 0 Å². The first-order valence-electron chi connectivity index (χ1n) is 8.84. The second-order valence-electron chi connectivity index (χ2n) is 6.85. The third kappa shape index (κ3) is 2.85. The number of fused-ring (bicyclic) bond motifs is 5. The highest BCUT2D eigenvalue weighted by atomic mass is 35.5. The minimum Gasteiger partial charge on any atom is -0.455 e. The SMILES string of the molecule is CC(=O)NC1CCCN2c3c(cc(F)c(C#N)c3Cl)Oc3cccc(F)c3C12. The lowest BCUT2D eigenvalue weighted by Crippen LogP contribution is -2.50. The van der Waals surface area contributed by atoms with Crippen LogP contribution in [-0.2, 0) is 4.79 Å². The molecule has 2 aromatic rings. The van der Waals surface area contributed by atoms with Crippen molar-refractivity contribution in [3.63, 3.8) is 0 Å². The summed E-state index contributed by atoms with van der Waals surface area (Å²) in [6.45, 7) is 1.89. The van der Waals surface area contributed by atoms with Gasteiger partial charge in [-0.25, -0.2) is 8.78 Å². The molecule has 28 heavy (non-hydrogen) atoms. The highest BCUT2D eigenvalue weighted by Crippen LogP contribution is 2.52. The van der Waals surface area contributed by atoms with Gasteiger partial charge in [0, 0.05) is 19.5 Å². The Morgan fingerprint density at radius 2 is 2.14 bits per heavy atom. The van der Waals surface area contributed by atoms with Crippen LogP contribution in [0.3, 0.4) is 0 Å². The summed E-state index contributed by atoms with van der Waals surface area (Å²) in [7, 11) is 0. The number of carbonyl (C=O) groups excluding carboxylic acids is 1. The van der Waals surface area contributed by atoms with Gasteiger partial charge in [-0.3, -0.25) is 4.79 Å². The second-order valence-corrected chi connectivity index (χ2v) is 7.23. The molecule has 0 aliphatic carbocycles. The number of hydrogen-bond donors (Lipinski definition) is 1. The van der Waals surface area contributed by atoms with Crippen molar-refractivity contribution in [2.45, 2.75) is 31.8 Å². The van der Waals surface area contributed by atoms with Gasteiger partial charge in [-0.1, -0.05) is 17.7 Å². The number of nitriles is 1. The number of benzene rings is 2. The van der Waals surface area contributed by atoms with Crippen LogP contribution in [0.25, 0.3) is 0 Å². The van der Waals surface area contributed by atoms with Gasteiger partial charge >= 0.3 is 0 Å². The number of piperidine rings is 1. The number of amides is 1. The Kier molecular flexibility index (Phi) is 4.60. The van der Waals surface area contributed by atoms with Crippen molar-refractivity contribution in [2.75, 3.05) is 11.4 Å². The summed E-state index contributed by atoms with van der Waals surface area (Å²) in [5.74, 6) is -1.20. The fraction of sp³-hybridized carbons (Fsp3) is 0.300. The molecule has 2 unspecified atom stereocenters. The summed E-state index contributed by atoms with van der Waals surface area (Å²) in [5.41, 5.74) is 0.304. The van der Waals surface area contributed by atoms with E-state index in [0.29, 0.717) is 25.1 Å². The van der Waals surface area contributed by atoms with E-state index in [2.05, 4.69) is 5.32 Å². The van der Waals surface area contributed by atoms with Gasteiger partial charge in [-0.2, -0.15) is 5.26 Å². The predicted octanol–water partition coefficient (Wildman–Crippen LogP) is 4.44. The second kappa shape index (κ2) is 6.95. The van der Waals surface area contributed by atoms with E-state index < -0.39 is 23.7 Å². The molecule has 1 amide bonds. The quantitative estimate of drug-likeness (QED) is 0.764. The van der Waals surface area contributed by atoms with Crippen molar-refractivity contribution in [1.29, 1.82) is 5.26 Å². The minimum atomic E-state index is -0.807. The van der Waals surface area contributed by atoms with Crippen molar-refractivity contribution < 1.29 is 18.3 Å². The minimum absolute atomic E-state index is 0.0841. The van der Waals surface area contributed by atoms with Gasteiger partial charge in [0.2, 0.25) is 5.91 Å². The van der Waals surface area contributed by atoms with E-state index in [0.717, 1.165) is 6.07 Å². The maximum absolute atomic E-state index is 14.9. The van der Waals surface area contributed by atoms with Crippen molar-refractivity contribution in [1.82, 2.24) is 5.32 Å². The van der Waals surface area contributed by atoms with Crippen LogP contribution in [0.1, 0.15) is 36.9 Å². The zero-order valence-corrected chi connectivity index (χ0v) is 15.7. The van der Waals surface area contributed by atoms with E-state index in [9.17, 15) is 18.8 Å². The number of nitrogens with zero attached hydrogens (tertiary/aromatic N) is 2. The zero-order chi connectivity index (χ0) is 20.0. The highest BCUT2D eigenvalue weighted by molar-refractivity contribution is 6.35. The van der Waals surface area contributed by atoms with Crippen molar-refractivity contribution >= 4 is 23.2 Å². The Hall–Kier alpha value is -2.85. The molecule has 1 N–H and O–H groups in total. The lowest BCUT2D eigenvalue weighted by atomic mass is 9.89. The summed E-state index contributed by atoms with van der Waals surface area (Å²) in [6, 6.07) is 6.27. The zero-order valence-electron chi connectivity index (χ0n) is 14.9. The molecule has 8 heteroatoms. The molecule has 0 spiro atoms. The molecule has 2 heterocycles. The van der Waals surface area contributed by atoms with Crippen molar-refractivity contribution in [3.05, 3.63) is 52.0 Å². The van der Waals surface area contributed by atoms with Crippen molar-refractivity contribution in [2.24, 2.45) is 0 Å². The average Bonchev–Trinajstić information content (AvgIpc) is 2.77. The van der Waals surface area contributed by atoms with Crippen LogP contribution in [0.5, 0.6) is 11.5 Å². The number of halogens is 3. The fourth-order valence-electron chi connectivity index (χ4n) is 4.06. The normalized spacial score (nSPS) is 20.0. The molecular formula is C20H16ClF2N3O2. The van der Waals surface area contributed by atoms with E-state index in [-0.39, 0.29) is 33.6 Å². The van der Waals surface area contributed by atoms with Crippen molar-refractivity contribution in [3.8, 4) is 17.6 Å². The maximum atomic E-state index is 14.9. The molecule has 0 aromatic heterocycles. The van der Waals surface area contributed by atoms with Gasteiger partial charge in [-0.05, 0) is 25.0 Å². The van der Waals surface area contributed by atoms with Crippen LogP contribution in [0.2, 0.25) is 5.02 Å². The van der Waals surface area contributed by atoms with Crippen LogP contribution in [0, 0.1) is 23.0 Å². The Bertz CT molecular complexity index is 1020. The third-order valence-electron chi connectivity index (χ3n) is 5.10. The molecule has 0 bridgehead atoms. The molecule has 1 saturated heterocycles. The van der Waals surface area contributed by atoms with Gasteiger partial charge in [0.1, 0.15) is 34.7 Å². The van der Waals surface area contributed by atoms with E-state index in [1.807, 2.05) is 0 Å². The van der Waals surface area contributed by atoms with Crippen LogP contribution >= 0.6 is 11.6 Å². The number of carbonyl (C=O) groups is 1. The molecule has 2 aliphatic heterocycles. The Morgan fingerprint density at radius 3 is 2.86 bits per heavy atom. The largest absolute Gasteiger partial charge is 0.455 e. The van der Waals surface area contributed by atoms with Gasteiger partial charge in [-0.15, -0.1) is 0 Å². The average molecular weight is 404 g/mol. The lowest BCUT2D eigenvalue weighted by molar-refractivity contribution is -0.120. The number of ether oxygens (including phenoxy) is 1. The standard InChI is InChI=1S/C20H16ClF2N3O2/c1-10(27)25-14-5-3-7-26-19(14)17-12(22)4-2-6-15(17)28-16-8-13(23)11(9-24)18(21)20(16)26/h2,4,6,8,14,19H,3,5,7H2,1H3,(H,25,27). The molecule has 4 rings (SSSR count). The molecule has 5 nitrogen and oxygen atoms in total. The number of hydrogen-bond acceptors (Lipinski definition) is 4. The monoisotopic (exact) mass is 403 g/mol. The van der Waals surface area contributed by atoms with E-state index in [1.54, 1.807) is 17.0 Å². The predicted molar refractivity (Wildman–Crippen MR) is 99.5 cm³/mol. The summed E-state index contributed by atoms with van der Waals surface area (Å²) in [5, 5.41) is 12.1. The van der Waals surface area contributed by atoms with Gasteiger partial charge in [0.15, 0.2) is 5.75 Å². The molecule has 0 radical (unpaired) electrons. The number of anilines is 1. The first kappa shape index (κ1) is 18.5. The number of nitrogens with one attached hydrogen (secondary N) is 1. The molecule has 0 saturated carbocycles. The summed E-state index contributed by atoms with van der Waals surface area (Å²) >= 11 is 6.40. The topological polar surface area (TPSA) is 65.4 Å². The summed E-state index contributed by atoms with van der Waals surface area (Å²) in [4.78, 5) is 13.6. The Morgan fingerprint density at radius 1 is 1.36 bits per heavy atom. The van der Waals surface area contributed by atoms with Gasteiger partial charge in [0.05, 0.1) is 22.7 Å². The van der Waals surface area contributed by atoms with E-state index >= 15 is 0 Å². The third-order valence-corrected chi connectivity index (χ3v) is 5.47. The first-order chi connectivity index (χ1) is 13.4. The molecule has 2 atom stereocenters. The molecule has 144 valence electrons. The first-order valence-corrected chi connectivity index (χ1v) is 9.22. The van der Waals surface area contributed by atoms with Crippen LogP contribution in [0.15, 0.2) is 24.3 Å². The highest BCUT2D eigenvalue weighted by Gasteiger charge is 2.41. The van der Waals surface area contributed by atoms with Gasteiger partial charge < -0.3 is 15.0 Å². The Labute approximate surface area is 165 Å². The van der Waals surface area contributed by atoms with E-state index in [1.165, 1.54) is 19.1 Å². The lowest BCUT2D eigenvalue weighted by Gasteiger charge is -2.42. The smallest absolute Gasteiger partial charge is 0.217 e. The maximum Gasteiger partial charge on any atom is 0.217 e. The van der Waals surface area contributed by atoms with Crippen LogP contribution in [-0.4, -0.2) is 18.5 Å². The molecular weight excluding hydrogens is 388 g/mol. The van der Waals surface area contributed by atoms with Crippen LogP contribution in [0.4, 0.5) is 14.5 Å². The number of rotatable bonds is 1. The van der Waals surface area contributed by atoms with E-state index in [4.69, 9.17) is 16.3 Å². The fourth-order valence-corrected chi connectivity index (χ4v) is 4.40. The molecule has 2 aliphatic rings. The van der Waals surface area contributed by atoms with Crippen LogP contribution < -0.4 is 15.0 Å². The summed E-state index contributed by atoms with van der Waals surface area (Å²) in [6.07, 6.45) is 1.33. The molecule has 2 aromatic carbocycles. The Balaban J connectivity index is 2.00.